The fraction of sp³-hybridized carbons (Fsp3) is 0.304. The van der Waals surface area contributed by atoms with Crippen LogP contribution in [0.2, 0.25) is 5.02 Å². The van der Waals surface area contributed by atoms with E-state index in [1.165, 1.54) is 0 Å². The Bertz CT molecular complexity index is 1270. The molecule has 1 fully saturated rings. The zero-order chi connectivity index (χ0) is 22.2. The van der Waals surface area contributed by atoms with Crippen LogP contribution in [0.3, 0.4) is 0 Å². The number of aromatic nitrogens is 4. The molecule has 1 aromatic carbocycles. The molecule has 4 heterocycles. The third-order valence-electron chi connectivity index (χ3n) is 5.70. The Hall–Kier alpha value is -3.39. The van der Waals surface area contributed by atoms with Gasteiger partial charge in [0.05, 0.1) is 11.9 Å². The first-order valence-corrected chi connectivity index (χ1v) is 10.8. The molecule has 1 saturated heterocycles. The molecule has 9 heteroatoms. The Morgan fingerprint density at radius 2 is 2.16 bits per heavy atom. The van der Waals surface area contributed by atoms with Crippen molar-refractivity contribution in [1.29, 1.82) is 0 Å². The van der Waals surface area contributed by atoms with Crippen molar-refractivity contribution in [3.8, 4) is 11.3 Å². The van der Waals surface area contributed by atoms with Crippen LogP contribution < -0.4 is 0 Å². The Morgan fingerprint density at radius 3 is 2.94 bits per heavy atom. The van der Waals surface area contributed by atoms with Crippen molar-refractivity contribution >= 4 is 17.5 Å². The molecule has 0 aliphatic carbocycles. The molecule has 164 valence electrons. The van der Waals surface area contributed by atoms with Crippen LogP contribution in [0.15, 0.2) is 51.7 Å². The molecule has 8 nitrogen and oxygen atoms in total. The van der Waals surface area contributed by atoms with Gasteiger partial charge in [-0.05, 0) is 31.4 Å². The minimum absolute atomic E-state index is 0.193. The highest BCUT2D eigenvalue weighted by Crippen LogP contribution is 2.34. The lowest BCUT2D eigenvalue weighted by Crippen LogP contribution is -2.30. The Balaban J connectivity index is 1.34. The van der Waals surface area contributed by atoms with Gasteiger partial charge in [-0.2, -0.15) is 5.10 Å². The number of hydrogen-bond acceptors (Lipinski definition) is 6. The smallest absolute Gasteiger partial charge is 0.293 e. The summed E-state index contributed by atoms with van der Waals surface area (Å²) in [6.45, 7) is 2.50. The minimum atomic E-state index is -0.240. The molecule has 0 bridgehead atoms. The zero-order valence-electron chi connectivity index (χ0n) is 17.8. The molecule has 3 aromatic heterocycles. The molecule has 1 amide bonds. The maximum absolute atomic E-state index is 13.2. The summed E-state index contributed by atoms with van der Waals surface area (Å²) >= 11 is 6.26. The van der Waals surface area contributed by atoms with Crippen LogP contribution in [0.1, 0.15) is 52.3 Å². The topological polar surface area (TPSA) is 90.2 Å². The van der Waals surface area contributed by atoms with Crippen LogP contribution >= 0.6 is 11.6 Å². The van der Waals surface area contributed by atoms with Gasteiger partial charge in [-0.15, -0.1) is 0 Å². The lowest BCUT2D eigenvalue weighted by Gasteiger charge is -2.20. The summed E-state index contributed by atoms with van der Waals surface area (Å²) in [6, 6.07) is 9.07. The summed E-state index contributed by atoms with van der Waals surface area (Å²) < 4.78 is 13.1. The van der Waals surface area contributed by atoms with Gasteiger partial charge in [0.25, 0.3) is 5.91 Å². The van der Waals surface area contributed by atoms with Gasteiger partial charge in [-0.25, -0.2) is 4.98 Å². The second-order valence-electron chi connectivity index (χ2n) is 7.97. The number of amides is 1. The number of oxazole rings is 1. The first-order valence-electron chi connectivity index (χ1n) is 10.5. The van der Waals surface area contributed by atoms with Crippen molar-refractivity contribution in [3.05, 3.63) is 76.4 Å². The number of rotatable bonds is 5. The van der Waals surface area contributed by atoms with Gasteiger partial charge in [-0.1, -0.05) is 35.0 Å². The predicted octanol–water partition coefficient (Wildman–Crippen LogP) is 4.59. The number of carbonyl (C=O) groups excluding carboxylic acids is 1. The molecule has 1 aliphatic heterocycles. The van der Waals surface area contributed by atoms with Gasteiger partial charge in [0.1, 0.15) is 17.5 Å². The number of hydrogen-bond donors (Lipinski definition) is 0. The van der Waals surface area contributed by atoms with Gasteiger partial charge in [0.15, 0.2) is 0 Å². The van der Waals surface area contributed by atoms with E-state index in [-0.39, 0.29) is 17.7 Å². The van der Waals surface area contributed by atoms with Crippen molar-refractivity contribution in [1.82, 2.24) is 24.8 Å². The normalized spacial score (nSPS) is 16.1. The quantitative estimate of drug-likeness (QED) is 0.440. The van der Waals surface area contributed by atoms with E-state index >= 15 is 0 Å². The van der Waals surface area contributed by atoms with E-state index in [2.05, 4.69) is 15.2 Å². The Morgan fingerprint density at radius 1 is 1.31 bits per heavy atom. The molecule has 0 saturated carbocycles. The van der Waals surface area contributed by atoms with Crippen LogP contribution in [0, 0.1) is 6.92 Å². The Labute approximate surface area is 189 Å². The van der Waals surface area contributed by atoms with Crippen molar-refractivity contribution in [2.75, 3.05) is 6.54 Å². The molecule has 32 heavy (non-hydrogen) atoms. The average molecular weight is 452 g/mol. The van der Waals surface area contributed by atoms with Crippen LogP contribution in [-0.4, -0.2) is 37.3 Å². The third kappa shape index (κ3) is 3.82. The van der Waals surface area contributed by atoms with Gasteiger partial charge < -0.3 is 13.8 Å². The van der Waals surface area contributed by atoms with Gasteiger partial charge in [0, 0.05) is 42.9 Å². The fourth-order valence-electron chi connectivity index (χ4n) is 4.15. The number of halogens is 1. The van der Waals surface area contributed by atoms with Crippen molar-refractivity contribution in [3.63, 3.8) is 0 Å². The molecule has 0 unspecified atom stereocenters. The van der Waals surface area contributed by atoms with Crippen molar-refractivity contribution in [2.24, 2.45) is 7.05 Å². The average Bonchev–Trinajstić information content (AvgIpc) is 3.55. The SMILES string of the molecule is Cc1nn(C)cc1-c1cc(C(=O)N2CCC[C@@H]2c2ncc(Cc3ccccc3Cl)o2)on1. The molecule has 1 aliphatic rings. The zero-order valence-corrected chi connectivity index (χ0v) is 18.5. The van der Waals surface area contributed by atoms with Crippen molar-refractivity contribution in [2.45, 2.75) is 32.2 Å². The number of nitrogens with zero attached hydrogens (tertiary/aromatic N) is 5. The first kappa shape index (κ1) is 20.5. The van der Waals surface area contributed by atoms with E-state index in [0.29, 0.717) is 35.3 Å². The molecule has 0 spiro atoms. The lowest BCUT2D eigenvalue weighted by molar-refractivity contribution is 0.0672. The molecule has 4 aromatic rings. The molecule has 0 N–H and O–H groups in total. The predicted molar refractivity (Wildman–Crippen MR) is 117 cm³/mol. The summed E-state index contributed by atoms with van der Waals surface area (Å²) in [6.07, 6.45) is 5.75. The minimum Gasteiger partial charge on any atom is -0.443 e. The maximum Gasteiger partial charge on any atom is 0.293 e. The monoisotopic (exact) mass is 451 g/mol. The number of aryl methyl sites for hydroxylation is 2. The van der Waals surface area contributed by atoms with E-state index in [9.17, 15) is 4.79 Å². The van der Waals surface area contributed by atoms with Gasteiger partial charge in [-0.3, -0.25) is 9.48 Å². The summed E-state index contributed by atoms with van der Waals surface area (Å²) in [7, 11) is 1.84. The molecule has 5 rings (SSSR count). The van der Waals surface area contributed by atoms with E-state index in [1.807, 2.05) is 44.4 Å². The molecular weight excluding hydrogens is 430 g/mol. The summed E-state index contributed by atoms with van der Waals surface area (Å²) in [5.74, 6) is 1.21. The number of carbonyl (C=O) groups is 1. The van der Waals surface area contributed by atoms with Gasteiger partial charge >= 0.3 is 0 Å². The molecular formula is C23H22ClN5O3. The Kier molecular flexibility index (Phi) is 5.30. The van der Waals surface area contributed by atoms with Crippen LogP contribution in [0.5, 0.6) is 0 Å². The summed E-state index contributed by atoms with van der Waals surface area (Å²) in [5, 5.41) is 9.09. The van der Waals surface area contributed by atoms with Crippen molar-refractivity contribution < 1.29 is 13.7 Å². The summed E-state index contributed by atoms with van der Waals surface area (Å²) in [5.41, 5.74) is 3.22. The van der Waals surface area contributed by atoms with E-state index < -0.39 is 0 Å². The maximum atomic E-state index is 13.2. The van der Waals surface area contributed by atoms with Crippen LogP contribution in [-0.2, 0) is 13.5 Å². The third-order valence-corrected chi connectivity index (χ3v) is 6.07. The second-order valence-corrected chi connectivity index (χ2v) is 8.38. The lowest BCUT2D eigenvalue weighted by atomic mass is 10.1. The van der Waals surface area contributed by atoms with Crippen LogP contribution in [0.25, 0.3) is 11.3 Å². The highest BCUT2D eigenvalue weighted by molar-refractivity contribution is 6.31. The standard InChI is InChI=1S/C23H22ClN5O3/c1-14-17(13-28(2)26-14)19-11-21(32-27-19)23(30)29-9-5-8-20(29)22-25-12-16(31-22)10-15-6-3-4-7-18(15)24/h3-4,6-7,11-13,20H,5,8-10H2,1-2H3/t20-/m1/s1. The highest BCUT2D eigenvalue weighted by atomic mass is 35.5. The molecule has 1 atom stereocenters. The second kappa shape index (κ2) is 8.27. The van der Waals surface area contributed by atoms with E-state index in [0.717, 1.165) is 29.7 Å². The van der Waals surface area contributed by atoms with Crippen LogP contribution in [0.4, 0.5) is 0 Å². The van der Waals surface area contributed by atoms with E-state index in [4.69, 9.17) is 20.5 Å². The molecule has 0 radical (unpaired) electrons. The van der Waals surface area contributed by atoms with Gasteiger partial charge in [0.2, 0.25) is 11.7 Å². The highest BCUT2D eigenvalue weighted by Gasteiger charge is 2.35. The number of benzene rings is 1. The fourth-order valence-corrected chi connectivity index (χ4v) is 4.35. The summed E-state index contributed by atoms with van der Waals surface area (Å²) in [4.78, 5) is 19.4. The largest absolute Gasteiger partial charge is 0.443 e. The van der Waals surface area contributed by atoms with E-state index in [1.54, 1.807) is 21.8 Å². The number of likely N-dealkylation sites (tertiary alicyclic amines) is 1. The first-order chi connectivity index (χ1) is 15.5.